The maximum Gasteiger partial charge on any atom is 0.160 e. The van der Waals surface area contributed by atoms with Gasteiger partial charge in [-0.25, -0.2) is 15.2 Å². The molecule has 2 rings (SSSR count). The number of nitrogens with zero attached hydrogens (tertiary/aromatic N) is 3. The summed E-state index contributed by atoms with van der Waals surface area (Å²) in [6.07, 6.45) is 3.11. The van der Waals surface area contributed by atoms with Gasteiger partial charge >= 0.3 is 0 Å². The number of hydrazine groups is 1. The Morgan fingerprint density at radius 1 is 1.33 bits per heavy atom. The number of anilines is 2. The fourth-order valence-corrected chi connectivity index (χ4v) is 1.57. The van der Waals surface area contributed by atoms with Crippen LogP contribution in [0.3, 0.4) is 0 Å². The molecule has 94 valence electrons. The van der Waals surface area contributed by atoms with Crippen LogP contribution in [0.15, 0.2) is 36.7 Å². The third-order valence-corrected chi connectivity index (χ3v) is 2.53. The molecule has 2 aromatic rings. The number of hydrogen-bond donors (Lipinski definition) is 2. The Morgan fingerprint density at radius 2 is 2.11 bits per heavy atom. The van der Waals surface area contributed by atoms with Crippen molar-refractivity contribution in [3.8, 4) is 0 Å². The third kappa shape index (κ3) is 2.72. The Hall–Kier alpha value is -2.21. The van der Waals surface area contributed by atoms with E-state index < -0.39 is 0 Å². The van der Waals surface area contributed by atoms with Crippen molar-refractivity contribution in [2.45, 2.75) is 6.54 Å². The van der Waals surface area contributed by atoms with E-state index in [1.165, 1.54) is 12.3 Å². The highest BCUT2D eigenvalue weighted by Crippen LogP contribution is 2.15. The summed E-state index contributed by atoms with van der Waals surface area (Å²) < 4.78 is 13.5. The van der Waals surface area contributed by atoms with E-state index in [2.05, 4.69) is 15.4 Å². The van der Waals surface area contributed by atoms with E-state index in [0.29, 0.717) is 23.7 Å². The molecule has 6 heteroatoms. The topological polar surface area (TPSA) is 67.1 Å². The molecule has 18 heavy (non-hydrogen) atoms. The summed E-state index contributed by atoms with van der Waals surface area (Å²) in [4.78, 5) is 10.0. The number of nitrogens with two attached hydrogens (primary N) is 1. The summed E-state index contributed by atoms with van der Waals surface area (Å²) in [7, 11) is 1.82. The normalized spacial score (nSPS) is 10.2. The van der Waals surface area contributed by atoms with Gasteiger partial charge in [-0.05, 0) is 6.07 Å². The lowest BCUT2D eigenvalue weighted by atomic mass is 10.2. The van der Waals surface area contributed by atoms with Gasteiger partial charge in [0.1, 0.15) is 11.6 Å². The number of benzene rings is 1. The first-order valence-electron chi connectivity index (χ1n) is 5.44. The number of rotatable bonds is 4. The van der Waals surface area contributed by atoms with Gasteiger partial charge in [0, 0.05) is 19.2 Å². The lowest BCUT2D eigenvalue weighted by Crippen LogP contribution is -2.20. The average Bonchev–Trinajstić information content (AvgIpc) is 2.41. The minimum atomic E-state index is -0.231. The highest BCUT2D eigenvalue weighted by atomic mass is 19.1. The predicted octanol–water partition coefficient (Wildman–Crippen LogP) is 1.54. The van der Waals surface area contributed by atoms with Gasteiger partial charge in [-0.3, -0.25) is 4.98 Å². The molecule has 0 spiro atoms. The molecule has 0 saturated heterocycles. The number of nitrogens with one attached hydrogen (secondary N) is 1. The first-order valence-corrected chi connectivity index (χ1v) is 5.44. The molecule has 0 amide bonds. The molecular weight excluding hydrogens is 233 g/mol. The zero-order chi connectivity index (χ0) is 13.0. The minimum absolute atomic E-state index is 0.231. The molecular formula is C12H14FN5. The molecule has 3 N–H and O–H groups in total. The zero-order valence-electron chi connectivity index (χ0n) is 9.97. The van der Waals surface area contributed by atoms with Gasteiger partial charge in [-0.2, -0.15) is 0 Å². The highest BCUT2D eigenvalue weighted by Gasteiger charge is 2.07. The van der Waals surface area contributed by atoms with Gasteiger partial charge in [-0.1, -0.05) is 18.2 Å². The summed E-state index contributed by atoms with van der Waals surface area (Å²) in [5.74, 6) is 6.12. The molecule has 0 saturated carbocycles. The summed E-state index contributed by atoms with van der Waals surface area (Å²) in [5.41, 5.74) is 3.03. The summed E-state index contributed by atoms with van der Waals surface area (Å²) >= 11 is 0. The van der Waals surface area contributed by atoms with Gasteiger partial charge < -0.3 is 10.3 Å². The third-order valence-electron chi connectivity index (χ3n) is 2.53. The van der Waals surface area contributed by atoms with Gasteiger partial charge in [0.15, 0.2) is 5.82 Å². The second-order valence-corrected chi connectivity index (χ2v) is 3.85. The Morgan fingerprint density at radius 3 is 2.83 bits per heavy atom. The SMILES string of the molecule is CN(Cc1ccccc1F)c1cncc(NN)n1. The van der Waals surface area contributed by atoms with Crippen LogP contribution < -0.4 is 16.2 Å². The molecule has 0 atom stereocenters. The van der Waals surface area contributed by atoms with Gasteiger partial charge in [0.05, 0.1) is 12.4 Å². The van der Waals surface area contributed by atoms with E-state index >= 15 is 0 Å². The molecule has 0 fully saturated rings. The lowest BCUT2D eigenvalue weighted by Gasteiger charge is -2.18. The van der Waals surface area contributed by atoms with Crippen molar-refractivity contribution in [2.75, 3.05) is 17.4 Å². The first kappa shape index (κ1) is 12.3. The Kier molecular flexibility index (Phi) is 3.69. The Balaban J connectivity index is 2.16. The van der Waals surface area contributed by atoms with Crippen LogP contribution in [-0.2, 0) is 6.54 Å². The standard InChI is InChI=1S/C12H14FN5/c1-18(8-9-4-2-3-5-10(9)13)12-7-15-6-11(16-12)17-14/h2-7H,8,14H2,1H3,(H,16,17). The van der Waals surface area contributed by atoms with Crippen molar-refractivity contribution in [3.05, 3.63) is 48.0 Å². The van der Waals surface area contributed by atoms with Gasteiger partial charge in [0.25, 0.3) is 0 Å². The van der Waals surface area contributed by atoms with E-state index in [-0.39, 0.29) is 5.82 Å². The lowest BCUT2D eigenvalue weighted by molar-refractivity contribution is 0.607. The second-order valence-electron chi connectivity index (χ2n) is 3.85. The van der Waals surface area contributed by atoms with E-state index in [1.54, 1.807) is 29.3 Å². The number of nitrogen functional groups attached to an aromatic ring is 1. The van der Waals surface area contributed by atoms with Crippen LogP contribution in [0.1, 0.15) is 5.56 Å². The largest absolute Gasteiger partial charge is 0.354 e. The summed E-state index contributed by atoms with van der Waals surface area (Å²) in [6.45, 7) is 0.412. The molecule has 0 aliphatic carbocycles. The first-order chi connectivity index (χ1) is 8.70. The Bertz CT molecular complexity index is 531. The van der Waals surface area contributed by atoms with Crippen molar-refractivity contribution in [1.82, 2.24) is 9.97 Å². The van der Waals surface area contributed by atoms with Crippen LogP contribution >= 0.6 is 0 Å². The fraction of sp³-hybridized carbons (Fsp3) is 0.167. The van der Waals surface area contributed by atoms with Crippen LogP contribution in [0.25, 0.3) is 0 Å². The van der Waals surface area contributed by atoms with Crippen molar-refractivity contribution in [2.24, 2.45) is 5.84 Å². The van der Waals surface area contributed by atoms with E-state index in [1.807, 2.05) is 7.05 Å². The Labute approximate surface area is 104 Å². The second kappa shape index (κ2) is 5.42. The fourth-order valence-electron chi connectivity index (χ4n) is 1.57. The number of aromatic nitrogens is 2. The monoisotopic (exact) mass is 247 g/mol. The maximum absolute atomic E-state index is 13.5. The van der Waals surface area contributed by atoms with Crippen LogP contribution in [-0.4, -0.2) is 17.0 Å². The molecule has 0 aliphatic rings. The maximum atomic E-state index is 13.5. The predicted molar refractivity (Wildman–Crippen MR) is 68.3 cm³/mol. The van der Waals surface area contributed by atoms with Crippen LogP contribution in [0.4, 0.5) is 16.0 Å². The number of halogens is 1. The van der Waals surface area contributed by atoms with Crippen LogP contribution in [0, 0.1) is 5.82 Å². The summed E-state index contributed by atoms with van der Waals surface area (Å²) in [5, 5.41) is 0. The van der Waals surface area contributed by atoms with Crippen molar-refractivity contribution in [3.63, 3.8) is 0 Å². The zero-order valence-corrected chi connectivity index (χ0v) is 9.97. The van der Waals surface area contributed by atoms with Gasteiger partial charge in [0.2, 0.25) is 0 Å². The average molecular weight is 247 g/mol. The van der Waals surface area contributed by atoms with Crippen LogP contribution in [0.5, 0.6) is 0 Å². The molecule has 1 heterocycles. The summed E-state index contributed by atoms with van der Waals surface area (Å²) in [6, 6.07) is 6.64. The molecule has 0 bridgehead atoms. The molecule has 0 radical (unpaired) electrons. The van der Waals surface area contributed by atoms with E-state index in [4.69, 9.17) is 5.84 Å². The molecule has 0 unspecified atom stereocenters. The van der Waals surface area contributed by atoms with E-state index in [0.717, 1.165) is 0 Å². The number of hydrogen-bond acceptors (Lipinski definition) is 5. The van der Waals surface area contributed by atoms with Crippen molar-refractivity contribution >= 4 is 11.6 Å². The molecule has 5 nitrogen and oxygen atoms in total. The molecule has 1 aromatic heterocycles. The van der Waals surface area contributed by atoms with E-state index in [9.17, 15) is 4.39 Å². The van der Waals surface area contributed by atoms with Crippen molar-refractivity contribution in [1.29, 1.82) is 0 Å². The van der Waals surface area contributed by atoms with Gasteiger partial charge in [-0.15, -0.1) is 0 Å². The molecule has 1 aromatic carbocycles. The minimum Gasteiger partial charge on any atom is -0.354 e. The quantitative estimate of drug-likeness (QED) is 0.633. The van der Waals surface area contributed by atoms with Crippen molar-refractivity contribution < 1.29 is 4.39 Å². The highest BCUT2D eigenvalue weighted by molar-refractivity contribution is 5.43. The smallest absolute Gasteiger partial charge is 0.160 e. The van der Waals surface area contributed by atoms with Crippen LogP contribution in [0.2, 0.25) is 0 Å². The molecule has 0 aliphatic heterocycles.